The number of carbonyl (C=O) groups excluding carboxylic acids is 2. The second kappa shape index (κ2) is 9.26. The Labute approximate surface area is 158 Å². The third kappa shape index (κ3) is 5.25. The molecule has 1 aliphatic carbocycles. The van der Waals surface area contributed by atoms with Crippen molar-refractivity contribution in [3.05, 3.63) is 35.4 Å². The van der Waals surface area contributed by atoms with Crippen LogP contribution in [-0.4, -0.2) is 41.9 Å². The minimum Gasteiger partial charge on any atom is -0.353 e. The molecule has 148 valence electrons. The predicted molar refractivity (Wildman–Crippen MR) is 97.8 cm³/mol. The fraction of sp³-hybridized carbons (Fsp3) is 0.600. The summed E-state index contributed by atoms with van der Waals surface area (Å²) >= 11 is 0. The number of piperazine rings is 1. The highest BCUT2D eigenvalue weighted by Gasteiger charge is 2.32. The molecule has 0 radical (unpaired) electrons. The molecular formula is C20H27F2N3O2. The Morgan fingerprint density at radius 3 is 2.67 bits per heavy atom. The number of carbonyl (C=O) groups is 2. The topological polar surface area (TPSA) is 61.4 Å². The SMILES string of the molecule is O=C(C[C@@H]1C(=O)NCCN1Cc1cccc(F)c1F)NC1CCCCCC1. The van der Waals surface area contributed by atoms with E-state index in [0.29, 0.717) is 13.1 Å². The standard InChI is InChI=1S/C20H27F2N3O2/c21-16-9-5-6-14(19(16)22)13-25-11-10-23-20(27)17(25)12-18(26)24-15-7-3-1-2-4-8-15/h5-6,9,15,17H,1-4,7-8,10-13H2,(H,23,27)(H,24,26)/t17-/m1/s1. The van der Waals surface area contributed by atoms with E-state index in [1.165, 1.54) is 25.0 Å². The molecule has 0 aromatic heterocycles. The molecule has 1 aromatic carbocycles. The molecule has 1 saturated carbocycles. The van der Waals surface area contributed by atoms with Crippen LogP contribution in [0.2, 0.25) is 0 Å². The van der Waals surface area contributed by atoms with E-state index < -0.39 is 17.7 Å². The summed E-state index contributed by atoms with van der Waals surface area (Å²) in [6.07, 6.45) is 6.59. The highest BCUT2D eigenvalue weighted by Crippen LogP contribution is 2.20. The van der Waals surface area contributed by atoms with Crippen molar-refractivity contribution in [2.24, 2.45) is 0 Å². The van der Waals surface area contributed by atoms with E-state index in [1.54, 1.807) is 4.90 Å². The predicted octanol–water partition coefficient (Wildman–Crippen LogP) is 2.49. The van der Waals surface area contributed by atoms with Crippen molar-refractivity contribution in [3.63, 3.8) is 0 Å². The molecule has 5 nitrogen and oxygen atoms in total. The maximum Gasteiger partial charge on any atom is 0.237 e. The number of rotatable bonds is 5. The lowest BCUT2D eigenvalue weighted by molar-refractivity contribution is -0.134. The number of halogens is 2. The molecule has 27 heavy (non-hydrogen) atoms. The first-order valence-corrected chi connectivity index (χ1v) is 9.78. The van der Waals surface area contributed by atoms with Gasteiger partial charge in [-0.25, -0.2) is 8.78 Å². The molecular weight excluding hydrogens is 352 g/mol. The second-order valence-corrected chi connectivity index (χ2v) is 7.45. The number of nitrogens with one attached hydrogen (secondary N) is 2. The van der Waals surface area contributed by atoms with Crippen molar-refractivity contribution < 1.29 is 18.4 Å². The third-order valence-electron chi connectivity index (χ3n) is 5.45. The fourth-order valence-electron chi connectivity index (χ4n) is 3.95. The van der Waals surface area contributed by atoms with Gasteiger partial charge in [0.25, 0.3) is 0 Å². The zero-order valence-corrected chi connectivity index (χ0v) is 15.5. The summed E-state index contributed by atoms with van der Waals surface area (Å²) in [5.41, 5.74) is 0.193. The van der Waals surface area contributed by atoms with Crippen LogP contribution in [0.3, 0.4) is 0 Å². The molecule has 2 amide bonds. The summed E-state index contributed by atoms with van der Waals surface area (Å²) in [5.74, 6) is -2.20. The van der Waals surface area contributed by atoms with E-state index in [9.17, 15) is 18.4 Å². The zero-order valence-electron chi connectivity index (χ0n) is 15.5. The molecule has 1 heterocycles. The number of benzene rings is 1. The lowest BCUT2D eigenvalue weighted by atomic mass is 10.0. The molecule has 3 rings (SSSR count). The van der Waals surface area contributed by atoms with E-state index >= 15 is 0 Å². The first-order valence-electron chi connectivity index (χ1n) is 9.78. The monoisotopic (exact) mass is 379 g/mol. The third-order valence-corrected chi connectivity index (χ3v) is 5.45. The van der Waals surface area contributed by atoms with Crippen LogP contribution < -0.4 is 10.6 Å². The van der Waals surface area contributed by atoms with E-state index in [-0.39, 0.29) is 36.4 Å². The quantitative estimate of drug-likeness (QED) is 0.773. The minimum atomic E-state index is -0.906. The molecule has 1 aliphatic heterocycles. The summed E-state index contributed by atoms with van der Waals surface area (Å²) in [5, 5.41) is 5.82. The van der Waals surface area contributed by atoms with Crippen molar-refractivity contribution in [1.29, 1.82) is 0 Å². The van der Waals surface area contributed by atoms with Gasteiger partial charge >= 0.3 is 0 Å². The van der Waals surface area contributed by atoms with Gasteiger partial charge in [0.15, 0.2) is 11.6 Å². The molecule has 0 unspecified atom stereocenters. The van der Waals surface area contributed by atoms with Gasteiger partial charge in [0.1, 0.15) is 0 Å². The van der Waals surface area contributed by atoms with E-state index in [2.05, 4.69) is 10.6 Å². The first kappa shape index (κ1) is 19.7. The van der Waals surface area contributed by atoms with Crippen molar-refractivity contribution in [1.82, 2.24) is 15.5 Å². The molecule has 1 atom stereocenters. The fourth-order valence-corrected chi connectivity index (χ4v) is 3.95. The zero-order chi connectivity index (χ0) is 19.2. The van der Waals surface area contributed by atoms with Crippen LogP contribution in [0, 0.1) is 11.6 Å². The van der Waals surface area contributed by atoms with Crippen LogP contribution >= 0.6 is 0 Å². The van der Waals surface area contributed by atoms with Gasteiger partial charge < -0.3 is 10.6 Å². The van der Waals surface area contributed by atoms with Gasteiger partial charge in [-0.15, -0.1) is 0 Å². The van der Waals surface area contributed by atoms with Crippen LogP contribution in [0.15, 0.2) is 18.2 Å². The summed E-state index contributed by atoms with van der Waals surface area (Å²) < 4.78 is 27.5. The Bertz CT molecular complexity index is 675. The summed E-state index contributed by atoms with van der Waals surface area (Å²) in [6.45, 7) is 1.01. The van der Waals surface area contributed by atoms with E-state index in [0.717, 1.165) is 31.7 Å². The summed E-state index contributed by atoms with van der Waals surface area (Å²) in [7, 11) is 0. The summed E-state index contributed by atoms with van der Waals surface area (Å²) in [6, 6.07) is 3.52. The van der Waals surface area contributed by atoms with Crippen molar-refractivity contribution in [2.45, 2.75) is 63.6 Å². The van der Waals surface area contributed by atoms with Gasteiger partial charge in [0.2, 0.25) is 11.8 Å². The molecule has 2 fully saturated rings. The van der Waals surface area contributed by atoms with E-state index in [4.69, 9.17) is 0 Å². The lowest BCUT2D eigenvalue weighted by Crippen LogP contribution is -2.56. The number of amides is 2. The minimum absolute atomic E-state index is 0.0271. The second-order valence-electron chi connectivity index (χ2n) is 7.45. The van der Waals surface area contributed by atoms with Gasteiger partial charge in [-0.05, 0) is 18.9 Å². The van der Waals surface area contributed by atoms with Crippen LogP contribution in [0.1, 0.15) is 50.5 Å². The largest absolute Gasteiger partial charge is 0.353 e. The van der Waals surface area contributed by atoms with Crippen LogP contribution in [-0.2, 0) is 16.1 Å². The average Bonchev–Trinajstić information content (AvgIpc) is 2.90. The lowest BCUT2D eigenvalue weighted by Gasteiger charge is -2.35. The molecule has 2 aliphatic rings. The van der Waals surface area contributed by atoms with Crippen molar-refractivity contribution >= 4 is 11.8 Å². The molecule has 2 N–H and O–H groups in total. The van der Waals surface area contributed by atoms with Crippen LogP contribution in [0.4, 0.5) is 8.78 Å². The Hall–Kier alpha value is -2.02. The maximum atomic E-state index is 14.0. The molecule has 0 spiro atoms. The van der Waals surface area contributed by atoms with Gasteiger partial charge in [0, 0.05) is 31.2 Å². The van der Waals surface area contributed by atoms with Gasteiger partial charge in [-0.2, -0.15) is 0 Å². The Morgan fingerprint density at radius 1 is 1.19 bits per heavy atom. The number of nitrogens with zero attached hydrogens (tertiary/aromatic N) is 1. The number of hydrogen-bond donors (Lipinski definition) is 2. The first-order chi connectivity index (χ1) is 13.0. The highest BCUT2D eigenvalue weighted by molar-refractivity contribution is 5.88. The summed E-state index contributed by atoms with van der Waals surface area (Å²) in [4.78, 5) is 26.6. The van der Waals surface area contributed by atoms with E-state index in [1.807, 2.05) is 0 Å². The molecule has 1 saturated heterocycles. The number of hydrogen-bond acceptors (Lipinski definition) is 3. The van der Waals surface area contributed by atoms with Crippen LogP contribution in [0.25, 0.3) is 0 Å². The van der Waals surface area contributed by atoms with Crippen LogP contribution in [0.5, 0.6) is 0 Å². The molecule has 1 aromatic rings. The Kier molecular flexibility index (Phi) is 6.77. The molecule has 0 bridgehead atoms. The normalized spacial score (nSPS) is 22.1. The maximum absolute atomic E-state index is 14.0. The van der Waals surface area contributed by atoms with Gasteiger partial charge in [-0.1, -0.05) is 37.8 Å². The highest BCUT2D eigenvalue weighted by atomic mass is 19.2. The smallest absolute Gasteiger partial charge is 0.237 e. The average molecular weight is 379 g/mol. The molecule has 7 heteroatoms. The van der Waals surface area contributed by atoms with Gasteiger partial charge in [0.05, 0.1) is 12.5 Å². The van der Waals surface area contributed by atoms with Crippen molar-refractivity contribution in [2.75, 3.05) is 13.1 Å². The van der Waals surface area contributed by atoms with Gasteiger partial charge in [-0.3, -0.25) is 14.5 Å². The van der Waals surface area contributed by atoms with Crippen molar-refractivity contribution in [3.8, 4) is 0 Å². The Balaban J connectivity index is 1.64. The Morgan fingerprint density at radius 2 is 1.93 bits per heavy atom.